The monoisotopic (exact) mass is 238 g/mol. The number of nitrogens with two attached hydrogens (primary N) is 1. The van der Waals surface area contributed by atoms with E-state index < -0.39 is 0 Å². The average Bonchev–Trinajstić information content (AvgIpc) is 2.26. The molecule has 0 aromatic carbocycles. The summed E-state index contributed by atoms with van der Waals surface area (Å²) in [6, 6.07) is 0.731. The normalized spacial score (nSPS) is 44.6. The molecule has 3 nitrogen and oxygen atoms in total. The van der Waals surface area contributed by atoms with Gasteiger partial charge in [0.15, 0.2) is 0 Å². The van der Waals surface area contributed by atoms with Crippen LogP contribution in [0.15, 0.2) is 0 Å². The van der Waals surface area contributed by atoms with Crippen LogP contribution in [-0.4, -0.2) is 30.8 Å². The third kappa shape index (κ3) is 1.59. The highest BCUT2D eigenvalue weighted by atomic mass is 16.5. The van der Waals surface area contributed by atoms with Crippen LogP contribution in [-0.2, 0) is 4.74 Å². The topological polar surface area (TPSA) is 47.3 Å². The van der Waals surface area contributed by atoms with Gasteiger partial charge in [0.1, 0.15) is 0 Å². The first-order valence-electron chi connectivity index (χ1n) is 7.19. The third-order valence-electron chi connectivity index (χ3n) is 5.68. The van der Waals surface area contributed by atoms with E-state index in [2.05, 4.69) is 19.2 Å². The minimum Gasteiger partial charge on any atom is -0.377 e. The van der Waals surface area contributed by atoms with Gasteiger partial charge in [-0.25, -0.2) is 0 Å². The molecule has 3 aliphatic rings. The van der Waals surface area contributed by atoms with E-state index in [0.29, 0.717) is 12.0 Å². The Morgan fingerprint density at radius 2 is 2.00 bits per heavy atom. The van der Waals surface area contributed by atoms with E-state index >= 15 is 0 Å². The van der Waals surface area contributed by atoms with Gasteiger partial charge in [0.2, 0.25) is 0 Å². The fraction of sp³-hybridized carbons (Fsp3) is 1.00. The van der Waals surface area contributed by atoms with Gasteiger partial charge in [0, 0.05) is 36.1 Å². The summed E-state index contributed by atoms with van der Waals surface area (Å²) < 4.78 is 5.93. The molecule has 3 fully saturated rings. The minimum atomic E-state index is -0.0618. The van der Waals surface area contributed by atoms with Gasteiger partial charge in [-0.3, -0.25) is 0 Å². The molecule has 0 amide bonds. The Bertz CT molecular complexity index is 301. The molecule has 0 aromatic heterocycles. The predicted molar refractivity (Wildman–Crippen MR) is 68.8 cm³/mol. The Morgan fingerprint density at radius 1 is 1.24 bits per heavy atom. The lowest BCUT2D eigenvalue weighted by atomic mass is 9.46. The van der Waals surface area contributed by atoms with Crippen LogP contribution in [0.2, 0.25) is 0 Å². The van der Waals surface area contributed by atoms with Crippen LogP contribution in [0.25, 0.3) is 0 Å². The lowest BCUT2D eigenvalue weighted by Crippen LogP contribution is -2.80. The van der Waals surface area contributed by atoms with E-state index in [0.717, 1.165) is 19.2 Å². The summed E-state index contributed by atoms with van der Waals surface area (Å²) in [7, 11) is 0. The Hall–Kier alpha value is -0.120. The van der Waals surface area contributed by atoms with Crippen molar-refractivity contribution >= 4 is 0 Å². The van der Waals surface area contributed by atoms with Gasteiger partial charge in [-0.2, -0.15) is 0 Å². The van der Waals surface area contributed by atoms with E-state index in [1.807, 2.05) is 0 Å². The van der Waals surface area contributed by atoms with E-state index in [1.54, 1.807) is 0 Å². The maximum absolute atomic E-state index is 6.72. The Balaban J connectivity index is 1.66. The van der Waals surface area contributed by atoms with Crippen molar-refractivity contribution in [3.63, 3.8) is 0 Å². The summed E-state index contributed by atoms with van der Waals surface area (Å²) in [6.45, 7) is 6.45. The van der Waals surface area contributed by atoms with Crippen molar-refractivity contribution in [1.82, 2.24) is 5.32 Å². The molecule has 3 heteroatoms. The van der Waals surface area contributed by atoms with Crippen LogP contribution in [0.1, 0.15) is 46.0 Å². The van der Waals surface area contributed by atoms with E-state index in [9.17, 15) is 0 Å². The summed E-state index contributed by atoms with van der Waals surface area (Å²) in [6.07, 6.45) is 6.87. The van der Waals surface area contributed by atoms with Gasteiger partial charge >= 0.3 is 0 Å². The van der Waals surface area contributed by atoms with Crippen molar-refractivity contribution in [3.8, 4) is 0 Å². The molecule has 0 bridgehead atoms. The summed E-state index contributed by atoms with van der Waals surface area (Å²) in [5, 5.41) is 3.67. The SMILES string of the molecule is CC1(C)C2OCCCC2C1(N)CNC1CCC1. The Kier molecular flexibility index (Phi) is 2.77. The van der Waals surface area contributed by atoms with Crippen molar-refractivity contribution in [2.45, 2.75) is 63.6 Å². The second-order valence-electron chi connectivity index (χ2n) is 6.81. The second-order valence-corrected chi connectivity index (χ2v) is 6.81. The molecule has 2 saturated carbocycles. The molecule has 3 N–H and O–H groups in total. The Morgan fingerprint density at radius 3 is 2.65 bits per heavy atom. The van der Waals surface area contributed by atoms with Crippen molar-refractivity contribution in [2.75, 3.05) is 13.2 Å². The molecule has 0 aromatic rings. The highest BCUT2D eigenvalue weighted by molar-refractivity contribution is 5.20. The molecular weight excluding hydrogens is 212 g/mol. The molecule has 17 heavy (non-hydrogen) atoms. The van der Waals surface area contributed by atoms with Crippen molar-refractivity contribution in [1.29, 1.82) is 0 Å². The quantitative estimate of drug-likeness (QED) is 0.786. The molecule has 1 heterocycles. The maximum Gasteiger partial charge on any atom is 0.0690 e. The van der Waals surface area contributed by atoms with Crippen molar-refractivity contribution < 1.29 is 4.74 Å². The minimum absolute atomic E-state index is 0.0618. The number of hydrogen-bond donors (Lipinski definition) is 2. The van der Waals surface area contributed by atoms with Gasteiger partial charge < -0.3 is 15.8 Å². The molecule has 0 spiro atoms. The van der Waals surface area contributed by atoms with Crippen LogP contribution >= 0.6 is 0 Å². The lowest BCUT2D eigenvalue weighted by Gasteiger charge is -2.67. The zero-order valence-corrected chi connectivity index (χ0v) is 11.2. The highest BCUT2D eigenvalue weighted by Crippen LogP contribution is 2.57. The van der Waals surface area contributed by atoms with Gasteiger partial charge in [0.05, 0.1) is 6.10 Å². The number of hydrogen-bond acceptors (Lipinski definition) is 3. The van der Waals surface area contributed by atoms with E-state index in [-0.39, 0.29) is 11.0 Å². The molecule has 3 atom stereocenters. The fourth-order valence-corrected chi connectivity index (χ4v) is 3.95. The molecule has 3 rings (SSSR count). The van der Waals surface area contributed by atoms with Crippen LogP contribution in [0, 0.1) is 11.3 Å². The maximum atomic E-state index is 6.72. The average molecular weight is 238 g/mol. The standard InChI is InChI=1S/C14H26N2O/c1-13(2)12-11(7-4-8-17-12)14(13,15)9-16-10-5-3-6-10/h10-12,16H,3-9,15H2,1-2H3. The molecular formula is C14H26N2O. The third-order valence-corrected chi connectivity index (χ3v) is 5.68. The number of fused-ring (bicyclic) bond motifs is 1. The molecule has 1 saturated heterocycles. The molecule has 98 valence electrons. The van der Waals surface area contributed by atoms with Crippen LogP contribution in [0.5, 0.6) is 0 Å². The largest absolute Gasteiger partial charge is 0.377 e. The fourth-order valence-electron chi connectivity index (χ4n) is 3.95. The number of rotatable bonds is 3. The zero-order valence-electron chi connectivity index (χ0n) is 11.2. The molecule has 1 aliphatic heterocycles. The van der Waals surface area contributed by atoms with Gasteiger partial charge in [-0.05, 0) is 25.7 Å². The lowest BCUT2D eigenvalue weighted by molar-refractivity contribution is -0.226. The zero-order chi connectivity index (χ0) is 12.1. The first kappa shape index (κ1) is 11.9. The molecule has 3 unspecified atom stereocenters. The summed E-state index contributed by atoms with van der Waals surface area (Å²) in [5.41, 5.74) is 6.78. The van der Waals surface area contributed by atoms with Crippen molar-refractivity contribution in [3.05, 3.63) is 0 Å². The summed E-state index contributed by atoms with van der Waals surface area (Å²) >= 11 is 0. The number of nitrogens with one attached hydrogen (secondary N) is 1. The second kappa shape index (κ2) is 3.94. The first-order chi connectivity index (χ1) is 8.06. The van der Waals surface area contributed by atoms with Crippen LogP contribution in [0.4, 0.5) is 0 Å². The number of ether oxygens (including phenoxy) is 1. The van der Waals surface area contributed by atoms with Crippen molar-refractivity contribution in [2.24, 2.45) is 17.1 Å². The predicted octanol–water partition coefficient (Wildman–Crippen LogP) is 1.66. The van der Waals surface area contributed by atoms with E-state index in [4.69, 9.17) is 10.5 Å². The first-order valence-corrected chi connectivity index (χ1v) is 7.19. The van der Waals surface area contributed by atoms with Crippen LogP contribution in [0.3, 0.4) is 0 Å². The van der Waals surface area contributed by atoms with Gasteiger partial charge in [-0.1, -0.05) is 20.3 Å². The smallest absolute Gasteiger partial charge is 0.0690 e. The summed E-state index contributed by atoms with van der Waals surface area (Å²) in [5.74, 6) is 0.568. The Labute approximate surface area is 104 Å². The molecule has 2 aliphatic carbocycles. The molecule has 0 radical (unpaired) electrons. The van der Waals surface area contributed by atoms with Gasteiger partial charge in [-0.15, -0.1) is 0 Å². The highest BCUT2D eigenvalue weighted by Gasteiger charge is 2.66. The van der Waals surface area contributed by atoms with Crippen LogP contribution < -0.4 is 11.1 Å². The van der Waals surface area contributed by atoms with E-state index in [1.165, 1.54) is 32.1 Å². The summed E-state index contributed by atoms with van der Waals surface area (Å²) in [4.78, 5) is 0. The van der Waals surface area contributed by atoms with Gasteiger partial charge in [0.25, 0.3) is 0 Å².